The molecule has 0 aliphatic carbocycles. The molecule has 3 aromatic rings. The van der Waals surface area contributed by atoms with Gasteiger partial charge < -0.3 is 9.47 Å². The van der Waals surface area contributed by atoms with Crippen LogP contribution in [0.1, 0.15) is 13.8 Å². The van der Waals surface area contributed by atoms with Gasteiger partial charge >= 0.3 is 11.9 Å². The van der Waals surface area contributed by atoms with Gasteiger partial charge in [0.05, 0.1) is 25.4 Å². The highest BCUT2D eigenvalue weighted by atomic mass is 32.2. The molecule has 2 heterocycles. The third-order valence-corrected chi connectivity index (χ3v) is 7.78. The summed E-state index contributed by atoms with van der Waals surface area (Å²) in [4.78, 5) is 51.8. The number of ether oxygens (including phenoxy) is 2. The van der Waals surface area contributed by atoms with Gasteiger partial charge in [-0.3, -0.25) is 19.2 Å². The number of rotatable bonds is 4. The molecule has 0 saturated carbocycles. The number of hydrogen-bond donors (Lipinski definition) is 0. The first-order valence-corrected chi connectivity index (χ1v) is 12.4. The van der Waals surface area contributed by atoms with Crippen molar-refractivity contribution in [1.29, 1.82) is 0 Å². The van der Waals surface area contributed by atoms with Crippen LogP contribution in [-0.2, 0) is 19.2 Å². The summed E-state index contributed by atoms with van der Waals surface area (Å²) in [5.41, 5.74) is 1.03. The zero-order chi connectivity index (χ0) is 25.4. The maximum absolute atomic E-state index is 13.8. The van der Waals surface area contributed by atoms with E-state index < -0.39 is 23.8 Å². The van der Waals surface area contributed by atoms with Gasteiger partial charge in [-0.15, -0.1) is 0 Å². The van der Waals surface area contributed by atoms with Crippen LogP contribution in [-0.4, -0.2) is 23.8 Å². The Morgan fingerprint density at radius 1 is 0.639 bits per heavy atom. The quantitative estimate of drug-likeness (QED) is 0.208. The Hall–Kier alpha value is -4.02. The number of thioether (sulfide) groups is 2. The second-order valence-corrected chi connectivity index (χ2v) is 9.98. The summed E-state index contributed by atoms with van der Waals surface area (Å²) < 4.78 is 11.1. The molecule has 0 aromatic heterocycles. The van der Waals surface area contributed by atoms with E-state index >= 15 is 0 Å². The van der Waals surface area contributed by atoms with Crippen molar-refractivity contribution in [2.45, 2.75) is 23.6 Å². The third kappa shape index (κ3) is 4.25. The first kappa shape index (κ1) is 23.7. The summed E-state index contributed by atoms with van der Waals surface area (Å²) in [6.45, 7) is 2.55. The second kappa shape index (κ2) is 9.56. The van der Waals surface area contributed by atoms with E-state index in [1.807, 2.05) is 12.1 Å². The van der Waals surface area contributed by atoms with E-state index in [2.05, 4.69) is 0 Å². The Morgan fingerprint density at radius 2 is 1.03 bits per heavy atom. The molecule has 180 valence electrons. The Kier molecular flexibility index (Phi) is 6.29. The second-order valence-electron chi connectivity index (χ2n) is 7.68. The molecule has 0 bridgehead atoms. The average molecular weight is 519 g/mol. The minimum atomic E-state index is -0.525. The van der Waals surface area contributed by atoms with Crippen LogP contribution in [0, 0.1) is 0 Å². The number of hydrogen-bond acceptors (Lipinski definition) is 8. The van der Waals surface area contributed by atoms with Crippen molar-refractivity contribution in [3.63, 3.8) is 0 Å². The number of anilines is 2. The Labute approximate surface area is 214 Å². The van der Waals surface area contributed by atoms with Crippen LogP contribution in [0.25, 0.3) is 0 Å². The predicted molar refractivity (Wildman–Crippen MR) is 136 cm³/mol. The summed E-state index contributed by atoms with van der Waals surface area (Å²) >= 11 is 2.25. The van der Waals surface area contributed by atoms with Crippen molar-refractivity contribution >= 4 is 58.7 Å². The van der Waals surface area contributed by atoms with E-state index in [1.54, 1.807) is 48.5 Å². The highest BCUT2D eigenvalue weighted by Crippen LogP contribution is 2.59. The molecule has 0 unspecified atom stereocenters. The van der Waals surface area contributed by atoms with Crippen molar-refractivity contribution in [1.82, 2.24) is 0 Å². The van der Waals surface area contributed by atoms with Crippen LogP contribution >= 0.6 is 23.5 Å². The van der Waals surface area contributed by atoms with E-state index in [-0.39, 0.29) is 17.1 Å². The van der Waals surface area contributed by atoms with Gasteiger partial charge in [0, 0.05) is 13.8 Å². The lowest BCUT2D eigenvalue weighted by Crippen LogP contribution is -2.41. The number of hydrazine groups is 1. The fourth-order valence-electron chi connectivity index (χ4n) is 3.76. The first-order valence-electron chi connectivity index (χ1n) is 10.8. The molecule has 2 aliphatic rings. The van der Waals surface area contributed by atoms with Crippen LogP contribution < -0.4 is 19.5 Å². The number of esters is 2. The highest BCUT2D eigenvalue weighted by molar-refractivity contribution is 8.25. The number of fused-ring (bicyclic) bond motifs is 1. The number of nitrogens with zero attached hydrogens (tertiary/aromatic N) is 2. The van der Waals surface area contributed by atoms with Crippen LogP contribution in [0.5, 0.6) is 11.5 Å². The van der Waals surface area contributed by atoms with Crippen molar-refractivity contribution in [3.8, 4) is 11.5 Å². The van der Waals surface area contributed by atoms with Gasteiger partial charge in [0.1, 0.15) is 17.1 Å². The molecular formula is C26H18N2O6S2. The van der Waals surface area contributed by atoms with E-state index in [0.717, 1.165) is 23.5 Å². The lowest BCUT2D eigenvalue weighted by atomic mass is 10.2. The molecule has 2 amide bonds. The molecule has 8 nitrogen and oxygen atoms in total. The van der Waals surface area contributed by atoms with Gasteiger partial charge in [-0.1, -0.05) is 59.9 Å². The standard InChI is InChI=1S/C26H18N2O6S2/c1-15(29)33-19-13-14-20(34-16(2)30)23-22(19)35-26(36-23)21-24(31)27(17-9-5-3-6-10-17)28(25(21)32)18-11-7-4-8-12-18/h3-14H,1-2H3. The maximum atomic E-state index is 13.8. The van der Waals surface area contributed by atoms with Gasteiger partial charge in [-0.25, -0.2) is 10.0 Å². The molecule has 2 aliphatic heterocycles. The van der Waals surface area contributed by atoms with E-state index in [4.69, 9.17) is 9.47 Å². The number of carbonyl (C=O) groups excluding carboxylic acids is 4. The molecule has 36 heavy (non-hydrogen) atoms. The minimum absolute atomic E-state index is 0.0311. The largest absolute Gasteiger partial charge is 0.425 e. The van der Waals surface area contributed by atoms with Crippen molar-refractivity contribution in [2.24, 2.45) is 0 Å². The van der Waals surface area contributed by atoms with Gasteiger partial charge in [-0.05, 0) is 36.4 Å². The molecule has 0 atom stereocenters. The number of para-hydroxylation sites is 2. The molecule has 5 rings (SSSR count). The SMILES string of the molecule is CC(=O)Oc1ccc(OC(C)=O)c2c1SC(=C1C(=O)N(c3ccccc3)N(c3ccccc3)C1=O)S2. The normalized spacial score (nSPS) is 14.8. The van der Waals surface area contributed by atoms with Crippen molar-refractivity contribution in [3.05, 3.63) is 82.6 Å². The molecule has 0 N–H and O–H groups in total. The van der Waals surface area contributed by atoms with Gasteiger partial charge in [-0.2, -0.15) is 0 Å². The van der Waals surface area contributed by atoms with Crippen LogP contribution in [0.4, 0.5) is 11.4 Å². The predicted octanol–water partition coefficient (Wildman–Crippen LogP) is 4.94. The first-order chi connectivity index (χ1) is 17.3. The number of benzene rings is 3. The average Bonchev–Trinajstić information content (AvgIpc) is 3.40. The van der Waals surface area contributed by atoms with Gasteiger partial charge in [0.15, 0.2) is 0 Å². The zero-order valence-electron chi connectivity index (χ0n) is 19.1. The zero-order valence-corrected chi connectivity index (χ0v) is 20.7. The van der Waals surface area contributed by atoms with Crippen LogP contribution in [0.3, 0.4) is 0 Å². The van der Waals surface area contributed by atoms with Gasteiger partial charge in [0.2, 0.25) is 0 Å². The molecule has 0 spiro atoms. The van der Waals surface area contributed by atoms with E-state index in [1.165, 1.54) is 36.0 Å². The summed E-state index contributed by atoms with van der Waals surface area (Å²) in [6, 6.07) is 20.8. The molecular weight excluding hydrogens is 500 g/mol. The molecule has 0 radical (unpaired) electrons. The Morgan fingerprint density at radius 3 is 1.39 bits per heavy atom. The molecule has 3 aromatic carbocycles. The fraction of sp³-hybridized carbons (Fsp3) is 0.0769. The minimum Gasteiger partial charge on any atom is -0.425 e. The molecule has 10 heteroatoms. The summed E-state index contributed by atoms with van der Waals surface area (Å²) in [5, 5.41) is 2.67. The molecule has 1 saturated heterocycles. The highest BCUT2D eigenvalue weighted by Gasteiger charge is 2.46. The monoisotopic (exact) mass is 518 g/mol. The van der Waals surface area contributed by atoms with Crippen molar-refractivity contribution in [2.75, 3.05) is 10.0 Å². The lowest BCUT2D eigenvalue weighted by molar-refractivity contribution is -0.133. The Balaban J connectivity index is 1.63. The topological polar surface area (TPSA) is 93.2 Å². The van der Waals surface area contributed by atoms with Gasteiger partial charge in [0.25, 0.3) is 11.8 Å². The summed E-state index contributed by atoms with van der Waals surface area (Å²) in [5.74, 6) is -1.55. The van der Waals surface area contributed by atoms with E-state index in [9.17, 15) is 19.2 Å². The smallest absolute Gasteiger partial charge is 0.308 e. The van der Waals surface area contributed by atoms with Crippen LogP contribution in [0.2, 0.25) is 0 Å². The maximum Gasteiger partial charge on any atom is 0.308 e. The molecule has 1 fully saturated rings. The summed E-state index contributed by atoms with van der Waals surface area (Å²) in [7, 11) is 0. The lowest BCUT2D eigenvalue weighted by Gasteiger charge is -2.27. The van der Waals surface area contributed by atoms with Crippen LogP contribution in [0.15, 0.2) is 92.4 Å². The Bertz CT molecular complexity index is 1330. The van der Waals surface area contributed by atoms with E-state index in [0.29, 0.717) is 25.4 Å². The summed E-state index contributed by atoms with van der Waals surface area (Å²) in [6.07, 6.45) is 0. The number of carbonyl (C=O) groups is 4. The number of amides is 2. The fourth-order valence-corrected chi connectivity index (χ4v) is 6.41. The third-order valence-electron chi connectivity index (χ3n) is 5.15. The van der Waals surface area contributed by atoms with Crippen molar-refractivity contribution < 1.29 is 28.7 Å².